The maximum absolute atomic E-state index is 12.5. The van der Waals surface area contributed by atoms with E-state index >= 15 is 0 Å². The largest absolute Gasteiger partial charge is 0.382 e. The number of thioether (sulfide) groups is 1. The third-order valence-corrected chi connectivity index (χ3v) is 11.9. The van der Waals surface area contributed by atoms with E-state index < -0.39 is 11.9 Å². The van der Waals surface area contributed by atoms with Crippen LogP contribution in [-0.2, 0) is 52.3 Å². The first-order chi connectivity index (χ1) is 32.4. The molecule has 4 amide bonds. The van der Waals surface area contributed by atoms with Gasteiger partial charge in [-0.05, 0) is 75.8 Å². The number of methoxy groups -OCH3 is 1. The summed E-state index contributed by atoms with van der Waals surface area (Å²) in [4.78, 5) is 48.7. The second-order valence-electron chi connectivity index (χ2n) is 16.8. The van der Waals surface area contributed by atoms with E-state index in [0.717, 1.165) is 38.7 Å². The zero-order valence-electron chi connectivity index (χ0n) is 41.5. The lowest BCUT2D eigenvalue weighted by Crippen LogP contribution is -2.44. The van der Waals surface area contributed by atoms with Crippen LogP contribution < -0.4 is 27.4 Å². The standard InChI is InChI=1S/C49H97N5O11S/c1-59-33-34-63-41-42-65-38-35-60-30-18-12-8-4-2-5-9-13-19-43-66-44-20-14-10-6-3-7-11-15-24-48(57)54-45(49(51)58)23-16-17-28-52-46(55)25-26-47(56)53-29-22-32-62-37-40-64-39-36-61-31-21-27-50/h45H,2-44,50H2,1H3,(H2,51,58)(H,52,55)(H,53,56)(H,54,57). The first-order valence-electron chi connectivity index (χ1n) is 25.8. The van der Waals surface area contributed by atoms with Crippen molar-refractivity contribution in [3.63, 3.8) is 0 Å². The average molecular weight is 964 g/mol. The van der Waals surface area contributed by atoms with Gasteiger partial charge in [-0.2, -0.15) is 11.8 Å². The van der Waals surface area contributed by atoms with E-state index in [-0.39, 0.29) is 30.6 Å². The van der Waals surface area contributed by atoms with Gasteiger partial charge in [-0.25, -0.2) is 0 Å². The number of hydrogen-bond acceptors (Lipinski definition) is 13. The molecule has 390 valence electrons. The Balaban J connectivity index is 3.50. The zero-order chi connectivity index (χ0) is 48.1. The zero-order valence-corrected chi connectivity index (χ0v) is 42.4. The molecule has 0 saturated heterocycles. The van der Waals surface area contributed by atoms with Gasteiger partial charge in [0.25, 0.3) is 0 Å². The van der Waals surface area contributed by atoms with E-state index in [9.17, 15) is 19.2 Å². The van der Waals surface area contributed by atoms with Crippen LogP contribution in [0.4, 0.5) is 0 Å². The van der Waals surface area contributed by atoms with E-state index in [4.69, 9.17) is 44.6 Å². The van der Waals surface area contributed by atoms with Gasteiger partial charge in [-0.1, -0.05) is 83.5 Å². The highest BCUT2D eigenvalue weighted by atomic mass is 32.2. The Morgan fingerprint density at radius 3 is 1.29 bits per heavy atom. The number of carbonyl (C=O) groups is 4. The van der Waals surface area contributed by atoms with Gasteiger partial charge in [0.15, 0.2) is 0 Å². The topological polar surface area (TPSA) is 221 Å². The number of nitrogens with two attached hydrogens (primary N) is 2. The van der Waals surface area contributed by atoms with Crippen molar-refractivity contribution in [2.75, 3.05) is 124 Å². The molecule has 0 saturated carbocycles. The molecule has 0 bridgehead atoms. The summed E-state index contributed by atoms with van der Waals surface area (Å²) in [6, 6.07) is -0.714. The lowest BCUT2D eigenvalue weighted by molar-refractivity contribution is -0.127. The lowest BCUT2D eigenvalue weighted by Gasteiger charge is -2.15. The van der Waals surface area contributed by atoms with Crippen LogP contribution in [-0.4, -0.2) is 154 Å². The Labute approximate surface area is 404 Å². The van der Waals surface area contributed by atoms with Crippen molar-refractivity contribution >= 4 is 35.4 Å². The van der Waals surface area contributed by atoms with Crippen LogP contribution >= 0.6 is 11.8 Å². The third-order valence-electron chi connectivity index (χ3n) is 10.7. The lowest BCUT2D eigenvalue weighted by atomic mass is 10.1. The molecule has 0 rings (SSSR count). The summed E-state index contributed by atoms with van der Waals surface area (Å²) in [5.74, 6) is 1.48. The number of hydrogen-bond donors (Lipinski definition) is 5. The molecule has 17 heteroatoms. The Morgan fingerprint density at radius 2 is 0.818 bits per heavy atom. The minimum absolute atomic E-state index is 0.0999. The van der Waals surface area contributed by atoms with Crippen LogP contribution in [0, 0.1) is 0 Å². The second-order valence-corrected chi connectivity index (χ2v) is 18.0. The van der Waals surface area contributed by atoms with Gasteiger partial charge in [-0.15, -0.1) is 0 Å². The van der Waals surface area contributed by atoms with Crippen molar-refractivity contribution < 1.29 is 52.3 Å². The summed E-state index contributed by atoms with van der Waals surface area (Å²) >= 11 is 2.11. The summed E-state index contributed by atoms with van der Waals surface area (Å²) in [6.45, 7) is 9.23. The number of rotatable bonds is 55. The van der Waals surface area contributed by atoms with Crippen LogP contribution in [0.1, 0.15) is 161 Å². The molecule has 0 radical (unpaired) electrons. The number of amides is 4. The van der Waals surface area contributed by atoms with Gasteiger partial charge in [0.05, 0.1) is 66.1 Å². The first kappa shape index (κ1) is 63.9. The highest BCUT2D eigenvalue weighted by Crippen LogP contribution is 2.15. The number of unbranched alkanes of at least 4 members (excludes halogenated alkanes) is 16. The number of primary amides is 1. The van der Waals surface area contributed by atoms with Gasteiger partial charge in [0.2, 0.25) is 23.6 Å². The number of ether oxygens (including phenoxy) is 7. The monoisotopic (exact) mass is 964 g/mol. The van der Waals surface area contributed by atoms with E-state index in [1.165, 1.54) is 95.0 Å². The maximum Gasteiger partial charge on any atom is 0.239 e. The third kappa shape index (κ3) is 51.3. The van der Waals surface area contributed by atoms with Crippen molar-refractivity contribution in [1.29, 1.82) is 0 Å². The second kappa shape index (κ2) is 53.9. The molecule has 1 atom stereocenters. The highest BCUT2D eigenvalue weighted by Gasteiger charge is 2.17. The molecule has 0 heterocycles. The highest BCUT2D eigenvalue weighted by molar-refractivity contribution is 7.99. The van der Waals surface area contributed by atoms with Crippen LogP contribution in [0.3, 0.4) is 0 Å². The fourth-order valence-corrected chi connectivity index (χ4v) is 7.79. The summed E-state index contributed by atoms with van der Waals surface area (Å²) in [6.07, 6.45) is 24.8. The predicted octanol–water partition coefficient (Wildman–Crippen LogP) is 6.38. The summed E-state index contributed by atoms with van der Waals surface area (Å²) < 4.78 is 37.7. The molecular weight excluding hydrogens is 867 g/mol. The molecule has 0 aliphatic rings. The molecule has 0 aromatic rings. The number of nitrogens with one attached hydrogen (secondary N) is 3. The van der Waals surface area contributed by atoms with Crippen molar-refractivity contribution in [2.24, 2.45) is 11.5 Å². The molecule has 0 aromatic heterocycles. The van der Waals surface area contributed by atoms with Crippen LogP contribution in [0.2, 0.25) is 0 Å². The van der Waals surface area contributed by atoms with E-state index in [2.05, 4.69) is 27.7 Å². The molecule has 0 fully saturated rings. The fourth-order valence-electron chi connectivity index (χ4n) is 6.77. The van der Waals surface area contributed by atoms with Gasteiger partial charge in [0.1, 0.15) is 6.04 Å². The van der Waals surface area contributed by atoms with Gasteiger partial charge < -0.3 is 60.6 Å². The molecule has 0 aliphatic carbocycles. The molecular formula is C49H97N5O11S. The van der Waals surface area contributed by atoms with Crippen molar-refractivity contribution in [1.82, 2.24) is 16.0 Å². The Bertz CT molecular complexity index is 1090. The van der Waals surface area contributed by atoms with Crippen molar-refractivity contribution in [3.05, 3.63) is 0 Å². The van der Waals surface area contributed by atoms with Gasteiger partial charge in [0, 0.05) is 59.3 Å². The quantitative estimate of drug-likeness (QED) is 0.0419. The molecule has 66 heavy (non-hydrogen) atoms. The van der Waals surface area contributed by atoms with E-state index in [1.54, 1.807) is 7.11 Å². The maximum atomic E-state index is 12.5. The smallest absolute Gasteiger partial charge is 0.239 e. The Kier molecular flexibility index (Phi) is 52.2. The molecule has 16 nitrogen and oxygen atoms in total. The van der Waals surface area contributed by atoms with Crippen LogP contribution in [0.15, 0.2) is 0 Å². The first-order valence-corrected chi connectivity index (χ1v) is 26.9. The Hall–Kier alpha value is -2.09. The molecule has 0 spiro atoms. The summed E-state index contributed by atoms with van der Waals surface area (Å²) in [5, 5.41) is 8.40. The van der Waals surface area contributed by atoms with Crippen molar-refractivity contribution in [3.8, 4) is 0 Å². The molecule has 0 aromatic carbocycles. The minimum atomic E-state index is -0.714. The van der Waals surface area contributed by atoms with E-state index in [0.29, 0.717) is 131 Å². The SMILES string of the molecule is COCCOCCOCCOCCCCCCCCCCCSCCCCCCCCCCC(=O)NC(CCCCNC(=O)CCC(=O)NCCCOCCOCCOCCCN)C(N)=O. The fraction of sp³-hybridized carbons (Fsp3) is 0.918. The normalized spacial score (nSPS) is 11.8. The predicted molar refractivity (Wildman–Crippen MR) is 266 cm³/mol. The van der Waals surface area contributed by atoms with E-state index in [1.807, 2.05) is 0 Å². The minimum Gasteiger partial charge on any atom is -0.382 e. The number of carbonyl (C=O) groups excluding carboxylic acids is 4. The van der Waals surface area contributed by atoms with Crippen LogP contribution in [0.5, 0.6) is 0 Å². The van der Waals surface area contributed by atoms with Crippen LogP contribution in [0.25, 0.3) is 0 Å². The van der Waals surface area contributed by atoms with Gasteiger partial charge in [-0.3, -0.25) is 19.2 Å². The summed E-state index contributed by atoms with van der Waals surface area (Å²) in [7, 11) is 1.67. The summed E-state index contributed by atoms with van der Waals surface area (Å²) in [5.41, 5.74) is 11.0. The molecule has 0 aliphatic heterocycles. The van der Waals surface area contributed by atoms with Crippen molar-refractivity contribution in [2.45, 2.75) is 167 Å². The molecule has 1 unspecified atom stereocenters. The average Bonchev–Trinajstić information content (AvgIpc) is 3.31. The Morgan fingerprint density at radius 1 is 0.424 bits per heavy atom. The van der Waals surface area contributed by atoms with Gasteiger partial charge >= 0.3 is 0 Å². The molecule has 7 N–H and O–H groups in total.